The van der Waals surface area contributed by atoms with Crippen LogP contribution >= 0.6 is 31.9 Å². The fourth-order valence-electron chi connectivity index (χ4n) is 2.52. The Morgan fingerprint density at radius 3 is 2.84 bits per heavy atom. The smallest absolute Gasteiger partial charge is 0.255 e. The summed E-state index contributed by atoms with van der Waals surface area (Å²) in [7, 11) is 0. The molecule has 0 spiro atoms. The van der Waals surface area contributed by atoms with Crippen LogP contribution in [0, 0.1) is 5.92 Å². The summed E-state index contributed by atoms with van der Waals surface area (Å²) in [6.45, 7) is 0. The van der Waals surface area contributed by atoms with Crippen molar-refractivity contribution in [1.82, 2.24) is 5.32 Å². The number of halogens is 2. The Balaban J connectivity index is 2.09. The van der Waals surface area contributed by atoms with Crippen molar-refractivity contribution < 1.29 is 9.90 Å². The van der Waals surface area contributed by atoms with E-state index in [2.05, 4.69) is 37.2 Å². The number of carbonyl (C=O) groups is 1. The van der Waals surface area contributed by atoms with Crippen LogP contribution in [-0.2, 0) is 0 Å². The summed E-state index contributed by atoms with van der Waals surface area (Å²) in [6, 6.07) is 5.09. The lowest BCUT2D eigenvalue weighted by Crippen LogP contribution is -2.42. The van der Waals surface area contributed by atoms with Crippen LogP contribution in [0.4, 0.5) is 0 Å². The highest BCUT2D eigenvalue weighted by molar-refractivity contribution is 9.10. The van der Waals surface area contributed by atoms with Crippen LogP contribution < -0.4 is 5.32 Å². The molecule has 1 fully saturated rings. The highest BCUT2D eigenvalue weighted by atomic mass is 79.9. The average Bonchev–Trinajstić information content (AvgIpc) is 2.42. The molecule has 1 amide bonds. The number of benzene rings is 1. The molecule has 2 atom stereocenters. The summed E-state index contributed by atoms with van der Waals surface area (Å²) in [4.78, 5) is 12.2. The number of amides is 1. The van der Waals surface area contributed by atoms with Crippen molar-refractivity contribution in [3.05, 3.63) is 28.2 Å². The molecule has 0 radical (unpaired) electrons. The second-order valence-corrected chi connectivity index (χ2v) is 6.50. The van der Waals surface area contributed by atoms with Crippen molar-refractivity contribution in [2.45, 2.75) is 31.7 Å². The first-order valence-electron chi connectivity index (χ1n) is 6.47. The van der Waals surface area contributed by atoms with Crippen LogP contribution in [0.3, 0.4) is 0 Å². The van der Waals surface area contributed by atoms with Crippen LogP contribution in [0.1, 0.15) is 36.0 Å². The summed E-state index contributed by atoms with van der Waals surface area (Å²) in [6.07, 6.45) is 4.53. The molecule has 0 aromatic heterocycles. The molecule has 1 aromatic rings. The van der Waals surface area contributed by atoms with Crippen molar-refractivity contribution in [1.29, 1.82) is 0 Å². The number of aromatic hydroxyl groups is 1. The number of rotatable bonds is 3. The minimum absolute atomic E-state index is 0.0203. The quantitative estimate of drug-likeness (QED) is 0.770. The van der Waals surface area contributed by atoms with Gasteiger partial charge in [0, 0.05) is 15.8 Å². The molecular weight excluding hydrogens is 374 g/mol. The molecule has 104 valence electrons. The molecule has 2 N–H and O–H groups in total. The highest BCUT2D eigenvalue weighted by Gasteiger charge is 2.26. The summed E-state index contributed by atoms with van der Waals surface area (Å²) in [5.74, 6) is 0.301. The zero-order chi connectivity index (χ0) is 13.8. The number of nitrogens with one attached hydrogen (secondary N) is 1. The average molecular weight is 391 g/mol. The molecule has 1 aliphatic rings. The van der Waals surface area contributed by atoms with Crippen molar-refractivity contribution in [2.75, 3.05) is 5.33 Å². The van der Waals surface area contributed by atoms with Gasteiger partial charge in [0.1, 0.15) is 5.75 Å². The van der Waals surface area contributed by atoms with Crippen LogP contribution in [0.15, 0.2) is 22.7 Å². The van der Waals surface area contributed by atoms with Gasteiger partial charge in [-0.25, -0.2) is 0 Å². The minimum Gasteiger partial charge on any atom is -0.507 e. The highest BCUT2D eigenvalue weighted by Crippen LogP contribution is 2.27. The molecular formula is C14H17Br2NO2. The number of hydrogen-bond donors (Lipinski definition) is 2. The molecule has 0 aliphatic heterocycles. The second-order valence-electron chi connectivity index (χ2n) is 4.94. The van der Waals surface area contributed by atoms with Crippen LogP contribution in [-0.4, -0.2) is 22.4 Å². The van der Waals surface area contributed by atoms with Crippen LogP contribution in [0.2, 0.25) is 0 Å². The third-order valence-corrected chi connectivity index (χ3v) is 4.95. The van der Waals surface area contributed by atoms with E-state index in [1.54, 1.807) is 12.1 Å². The molecule has 1 aromatic carbocycles. The van der Waals surface area contributed by atoms with Gasteiger partial charge < -0.3 is 10.4 Å². The van der Waals surface area contributed by atoms with Gasteiger partial charge in [0.25, 0.3) is 5.91 Å². The lowest BCUT2D eigenvalue weighted by molar-refractivity contribution is 0.0909. The molecule has 5 heteroatoms. The van der Waals surface area contributed by atoms with Gasteiger partial charge in [0.2, 0.25) is 0 Å². The number of phenolic OH excluding ortho intramolecular Hbond substituents is 1. The molecule has 0 bridgehead atoms. The predicted molar refractivity (Wildman–Crippen MR) is 82.8 cm³/mol. The Kier molecular flexibility index (Phi) is 5.28. The van der Waals surface area contributed by atoms with Crippen molar-refractivity contribution in [2.24, 2.45) is 5.92 Å². The van der Waals surface area contributed by atoms with Gasteiger partial charge in [0.05, 0.1) is 5.56 Å². The fraction of sp³-hybridized carbons (Fsp3) is 0.500. The van der Waals surface area contributed by atoms with E-state index in [4.69, 9.17) is 0 Å². The van der Waals surface area contributed by atoms with E-state index in [0.29, 0.717) is 11.5 Å². The van der Waals surface area contributed by atoms with E-state index >= 15 is 0 Å². The van der Waals surface area contributed by atoms with Crippen molar-refractivity contribution in [3.63, 3.8) is 0 Å². The van der Waals surface area contributed by atoms with Crippen LogP contribution in [0.5, 0.6) is 5.75 Å². The van der Waals surface area contributed by atoms with E-state index in [9.17, 15) is 9.90 Å². The largest absolute Gasteiger partial charge is 0.507 e. The number of hydrogen-bond acceptors (Lipinski definition) is 2. The zero-order valence-corrected chi connectivity index (χ0v) is 13.7. The third kappa shape index (κ3) is 3.72. The third-order valence-electron chi connectivity index (χ3n) is 3.63. The van der Waals surface area contributed by atoms with Crippen molar-refractivity contribution >= 4 is 37.8 Å². The predicted octanol–water partition coefficient (Wildman–Crippen LogP) is 3.84. The van der Waals surface area contributed by atoms with E-state index in [-0.39, 0.29) is 17.7 Å². The molecule has 2 rings (SSSR count). The number of phenols is 1. The first kappa shape index (κ1) is 14.9. The maximum atomic E-state index is 12.2. The first-order valence-corrected chi connectivity index (χ1v) is 8.38. The maximum absolute atomic E-state index is 12.2. The second kappa shape index (κ2) is 6.75. The minimum atomic E-state index is -0.198. The van der Waals surface area contributed by atoms with Gasteiger partial charge in [-0.3, -0.25) is 4.79 Å². The van der Waals surface area contributed by atoms with Crippen molar-refractivity contribution in [3.8, 4) is 5.75 Å². The Bertz CT molecular complexity index is 465. The summed E-state index contributed by atoms with van der Waals surface area (Å²) < 4.78 is 0.788. The Labute approximate surface area is 130 Å². The molecule has 0 saturated heterocycles. The molecule has 1 saturated carbocycles. The molecule has 2 unspecified atom stereocenters. The summed E-state index contributed by atoms with van der Waals surface area (Å²) in [5.41, 5.74) is 0.327. The SMILES string of the molecule is O=C(NC1CCCCC1CBr)c1cc(Br)ccc1O. The normalized spacial score (nSPS) is 23.1. The molecule has 19 heavy (non-hydrogen) atoms. The lowest BCUT2D eigenvalue weighted by Gasteiger charge is -2.31. The monoisotopic (exact) mass is 389 g/mol. The van der Waals surface area contributed by atoms with Gasteiger partial charge in [-0.2, -0.15) is 0 Å². The van der Waals surface area contributed by atoms with Crippen LogP contribution in [0.25, 0.3) is 0 Å². The van der Waals surface area contributed by atoms with Gasteiger partial charge in [-0.1, -0.05) is 44.7 Å². The Hall–Kier alpha value is -0.550. The zero-order valence-electron chi connectivity index (χ0n) is 10.5. The topological polar surface area (TPSA) is 49.3 Å². The summed E-state index contributed by atoms with van der Waals surface area (Å²) in [5, 5.41) is 13.7. The fourth-order valence-corrected chi connectivity index (χ4v) is 3.65. The van der Waals surface area contributed by atoms with Gasteiger partial charge >= 0.3 is 0 Å². The maximum Gasteiger partial charge on any atom is 0.255 e. The molecule has 3 nitrogen and oxygen atoms in total. The number of carbonyl (C=O) groups excluding carboxylic acids is 1. The van der Waals surface area contributed by atoms with Gasteiger partial charge in [0.15, 0.2) is 0 Å². The Morgan fingerprint density at radius 2 is 2.11 bits per heavy atom. The van der Waals surface area contributed by atoms with E-state index in [1.807, 2.05) is 0 Å². The van der Waals surface area contributed by atoms with E-state index in [0.717, 1.165) is 29.1 Å². The molecule has 0 heterocycles. The summed E-state index contributed by atoms with van der Waals surface area (Å²) >= 11 is 6.83. The van der Waals surface area contributed by atoms with E-state index in [1.165, 1.54) is 12.5 Å². The molecule has 1 aliphatic carbocycles. The first-order chi connectivity index (χ1) is 9.11. The van der Waals surface area contributed by atoms with Gasteiger partial charge in [-0.15, -0.1) is 0 Å². The van der Waals surface area contributed by atoms with E-state index < -0.39 is 0 Å². The number of alkyl halides is 1. The standard InChI is InChI=1S/C14H17Br2NO2/c15-8-9-3-1-2-4-12(9)17-14(19)11-7-10(16)5-6-13(11)18/h5-7,9,12,18H,1-4,8H2,(H,17,19). The van der Waals surface area contributed by atoms with Gasteiger partial charge in [-0.05, 0) is 37.0 Å². The lowest BCUT2D eigenvalue weighted by atomic mass is 9.86. The Morgan fingerprint density at radius 1 is 1.37 bits per heavy atom.